The Kier molecular flexibility index (Phi) is 5.00. The van der Waals surface area contributed by atoms with Crippen LogP contribution in [0.25, 0.3) is 6.08 Å². The average molecular weight is 279 g/mol. The minimum atomic E-state index is 0.0654. The molecule has 0 atom stereocenters. The van der Waals surface area contributed by atoms with E-state index in [2.05, 4.69) is 11.8 Å². The largest absolute Gasteiger partial charge is 0.337 e. The Morgan fingerprint density at radius 1 is 1.26 bits per heavy atom. The van der Waals surface area contributed by atoms with Gasteiger partial charge in [0.1, 0.15) is 0 Å². The van der Waals surface area contributed by atoms with Gasteiger partial charge in [-0.3, -0.25) is 4.79 Å². The summed E-state index contributed by atoms with van der Waals surface area (Å²) in [5, 5.41) is 0.669. The first-order chi connectivity index (χ1) is 9.20. The maximum absolute atomic E-state index is 12.1. The summed E-state index contributed by atoms with van der Waals surface area (Å²) in [7, 11) is 0. The third kappa shape index (κ3) is 3.82. The molecule has 0 radical (unpaired) electrons. The smallest absolute Gasteiger partial charge is 0.246 e. The molecule has 2 rings (SSSR count). The lowest BCUT2D eigenvalue weighted by Crippen LogP contribution is -2.48. The third-order valence-corrected chi connectivity index (χ3v) is 3.79. The van der Waals surface area contributed by atoms with Crippen molar-refractivity contribution in [3.63, 3.8) is 0 Å². The van der Waals surface area contributed by atoms with Crippen LogP contribution in [0.2, 0.25) is 5.02 Å². The van der Waals surface area contributed by atoms with Crippen LogP contribution in [0.1, 0.15) is 12.5 Å². The fraction of sp³-hybridized carbons (Fsp3) is 0.400. The normalized spacial score (nSPS) is 17.1. The minimum Gasteiger partial charge on any atom is -0.337 e. The number of hydrogen-bond acceptors (Lipinski definition) is 2. The minimum absolute atomic E-state index is 0.0654. The number of piperazine rings is 1. The molecule has 0 bridgehead atoms. The first-order valence-corrected chi connectivity index (χ1v) is 7.02. The second-order valence-corrected chi connectivity index (χ2v) is 5.02. The molecular weight excluding hydrogens is 260 g/mol. The molecule has 102 valence electrons. The summed E-state index contributed by atoms with van der Waals surface area (Å²) in [5.41, 5.74) is 0.879. The number of carbonyl (C=O) groups excluding carboxylic acids is 1. The van der Waals surface area contributed by atoms with E-state index in [9.17, 15) is 4.79 Å². The van der Waals surface area contributed by atoms with E-state index in [1.165, 1.54) is 0 Å². The van der Waals surface area contributed by atoms with Gasteiger partial charge in [-0.15, -0.1) is 0 Å². The Morgan fingerprint density at radius 2 is 1.95 bits per heavy atom. The number of amides is 1. The molecule has 0 N–H and O–H groups in total. The highest BCUT2D eigenvalue weighted by Gasteiger charge is 2.18. The van der Waals surface area contributed by atoms with Gasteiger partial charge < -0.3 is 9.80 Å². The van der Waals surface area contributed by atoms with Crippen LogP contribution in [-0.2, 0) is 4.79 Å². The summed E-state index contributed by atoms with van der Waals surface area (Å²) < 4.78 is 0. The lowest BCUT2D eigenvalue weighted by molar-refractivity contribution is -0.127. The molecule has 1 aliphatic heterocycles. The summed E-state index contributed by atoms with van der Waals surface area (Å²) in [4.78, 5) is 16.3. The van der Waals surface area contributed by atoms with Crippen LogP contribution in [0.5, 0.6) is 0 Å². The molecule has 0 spiro atoms. The fourth-order valence-corrected chi connectivity index (χ4v) is 2.36. The number of rotatable bonds is 3. The predicted octanol–water partition coefficient (Wildman–Crippen LogP) is 2.52. The molecule has 1 heterocycles. The summed E-state index contributed by atoms with van der Waals surface area (Å²) in [6.45, 7) is 6.73. The predicted molar refractivity (Wildman–Crippen MR) is 79.2 cm³/mol. The highest BCUT2D eigenvalue weighted by Crippen LogP contribution is 2.16. The van der Waals surface area contributed by atoms with Crippen LogP contribution < -0.4 is 0 Å². The van der Waals surface area contributed by atoms with Gasteiger partial charge in [-0.05, 0) is 24.3 Å². The van der Waals surface area contributed by atoms with Crippen molar-refractivity contribution in [3.8, 4) is 0 Å². The van der Waals surface area contributed by atoms with Gasteiger partial charge in [0.15, 0.2) is 0 Å². The van der Waals surface area contributed by atoms with Crippen molar-refractivity contribution >= 4 is 23.6 Å². The molecule has 0 unspecified atom stereocenters. The van der Waals surface area contributed by atoms with Gasteiger partial charge in [0.25, 0.3) is 0 Å². The molecule has 1 aliphatic rings. The van der Waals surface area contributed by atoms with Gasteiger partial charge in [-0.1, -0.05) is 36.7 Å². The van der Waals surface area contributed by atoms with Crippen LogP contribution in [0.4, 0.5) is 0 Å². The number of nitrogens with zero attached hydrogens (tertiary/aromatic N) is 2. The van der Waals surface area contributed by atoms with E-state index in [4.69, 9.17) is 11.6 Å². The van der Waals surface area contributed by atoms with Gasteiger partial charge in [0, 0.05) is 37.3 Å². The summed E-state index contributed by atoms with van der Waals surface area (Å²) in [5.74, 6) is 0.0654. The van der Waals surface area contributed by atoms with Crippen LogP contribution in [0.3, 0.4) is 0 Å². The van der Waals surface area contributed by atoms with Crippen LogP contribution >= 0.6 is 11.6 Å². The number of likely N-dealkylation sites (N-methyl/N-ethyl adjacent to an activating group) is 1. The molecule has 0 saturated carbocycles. The standard InChI is InChI=1S/C15H19ClN2O/c1-2-17-9-11-18(12-10-17)15(19)8-7-13-5-3-4-6-14(13)16/h3-8H,2,9-12H2,1H3/b8-7+. The van der Waals surface area contributed by atoms with E-state index in [1.807, 2.05) is 29.2 Å². The van der Waals surface area contributed by atoms with Gasteiger partial charge in [-0.25, -0.2) is 0 Å². The van der Waals surface area contributed by atoms with E-state index in [0.717, 1.165) is 38.3 Å². The first-order valence-electron chi connectivity index (χ1n) is 6.64. The molecule has 3 nitrogen and oxygen atoms in total. The van der Waals surface area contributed by atoms with Crippen molar-refractivity contribution in [2.45, 2.75) is 6.92 Å². The Balaban J connectivity index is 1.93. The molecule has 1 saturated heterocycles. The third-order valence-electron chi connectivity index (χ3n) is 3.44. The van der Waals surface area contributed by atoms with Gasteiger partial charge in [0.2, 0.25) is 5.91 Å². The van der Waals surface area contributed by atoms with Crippen molar-refractivity contribution in [1.29, 1.82) is 0 Å². The lowest BCUT2D eigenvalue weighted by atomic mass is 10.2. The van der Waals surface area contributed by atoms with Crippen molar-refractivity contribution < 1.29 is 4.79 Å². The highest BCUT2D eigenvalue weighted by atomic mass is 35.5. The quantitative estimate of drug-likeness (QED) is 0.793. The molecular formula is C15H19ClN2O. The monoisotopic (exact) mass is 278 g/mol. The van der Waals surface area contributed by atoms with Crippen LogP contribution in [0, 0.1) is 0 Å². The molecule has 19 heavy (non-hydrogen) atoms. The van der Waals surface area contributed by atoms with Crippen molar-refractivity contribution in [2.24, 2.45) is 0 Å². The van der Waals surface area contributed by atoms with Gasteiger partial charge in [0.05, 0.1) is 0 Å². The number of halogens is 1. The number of benzene rings is 1. The van der Waals surface area contributed by atoms with Crippen LogP contribution in [-0.4, -0.2) is 48.4 Å². The van der Waals surface area contributed by atoms with Gasteiger partial charge >= 0.3 is 0 Å². The van der Waals surface area contributed by atoms with E-state index in [0.29, 0.717) is 5.02 Å². The molecule has 1 aromatic carbocycles. The Bertz CT molecular complexity index is 465. The molecule has 4 heteroatoms. The molecule has 1 fully saturated rings. The van der Waals surface area contributed by atoms with Crippen molar-refractivity contribution in [1.82, 2.24) is 9.80 Å². The zero-order chi connectivity index (χ0) is 13.7. The maximum atomic E-state index is 12.1. The Labute approximate surface area is 119 Å². The van der Waals surface area contributed by atoms with E-state index >= 15 is 0 Å². The van der Waals surface area contributed by atoms with Crippen molar-refractivity contribution in [3.05, 3.63) is 40.9 Å². The van der Waals surface area contributed by atoms with E-state index in [1.54, 1.807) is 12.2 Å². The van der Waals surface area contributed by atoms with Gasteiger partial charge in [-0.2, -0.15) is 0 Å². The molecule has 1 aromatic rings. The fourth-order valence-electron chi connectivity index (χ4n) is 2.16. The molecule has 1 amide bonds. The molecule has 0 aliphatic carbocycles. The summed E-state index contributed by atoms with van der Waals surface area (Å²) in [6, 6.07) is 7.52. The van der Waals surface area contributed by atoms with E-state index < -0.39 is 0 Å². The zero-order valence-electron chi connectivity index (χ0n) is 11.2. The van der Waals surface area contributed by atoms with E-state index in [-0.39, 0.29) is 5.91 Å². The highest BCUT2D eigenvalue weighted by molar-refractivity contribution is 6.32. The average Bonchev–Trinajstić information content (AvgIpc) is 2.46. The Morgan fingerprint density at radius 3 is 2.58 bits per heavy atom. The second-order valence-electron chi connectivity index (χ2n) is 4.61. The number of carbonyl (C=O) groups is 1. The SMILES string of the molecule is CCN1CCN(C(=O)/C=C/c2ccccc2Cl)CC1. The van der Waals surface area contributed by atoms with Crippen molar-refractivity contribution in [2.75, 3.05) is 32.7 Å². The van der Waals surface area contributed by atoms with Crippen LogP contribution in [0.15, 0.2) is 30.3 Å². The zero-order valence-corrected chi connectivity index (χ0v) is 11.9. The topological polar surface area (TPSA) is 23.6 Å². The number of hydrogen-bond donors (Lipinski definition) is 0. The lowest BCUT2D eigenvalue weighted by Gasteiger charge is -2.33. The summed E-state index contributed by atoms with van der Waals surface area (Å²) in [6.07, 6.45) is 3.40. The summed E-state index contributed by atoms with van der Waals surface area (Å²) >= 11 is 6.05. The second kappa shape index (κ2) is 6.73. The molecule has 0 aromatic heterocycles. The Hall–Kier alpha value is -1.32. The maximum Gasteiger partial charge on any atom is 0.246 e. The first kappa shape index (κ1) is 14.1.